The first-order valence-electron chi connectivity index (χ1n) is 11.2. The Morgan fingerprint density at radius 3 is 2.53 bits per heavy atom. The van der Waals surface area contributed by atoms with Gasteiger partial charge in [-0.25, -0.2) is 9.37 Å². The number of hydrogen-bond donors (Lipinski definition) is 2. The van der Waals surface area contributed by atoms with Gasteiger partial charge in [-0.2, -0.15) is 28.1 Å². The Hall–Kier alpha value is -3.87. The number of para-hydroxylation sites is 1. The first-order valence-corrected chi connectivity index (χ1v) is 11.2. The molecule has 9 nitrogen and oxygen atoms in total. The van der Waals surface area contributed by atoms with Crippen molar-refractivity contribution < 1.29 is 22.4 Å². The van der Waals surface area contributed by atoms with Crippen molar-refractivity contribution >= 4 is 29.3 Å². The van der Waals surface area contributed by atoms with Crippen molar-refractivity contribution in [3.63, 3.8) is 0 Å². The third kappa shape index (κ3) is 5.85. The maximum absolute atomic E-state index is 14.1. The second-order valence-corrected chi connectivity index (χ2v) is 8.19. The second kappa shape index (κ2) is 10.4. The lowest BCUT2D eigenvalue weighted by Gasteiger charge is -2.32. The van der Waals surface area contributed by atoms with E-state index in [0.29, 0.717) is 24.3 Å². The summed E-state index contributed by atoms with van der Waals surface area (Å²) < 4.78 is 54.0. The summed E-state index contributed by atoms with van der Waals surface area (Å²) in [5.41, 5.74) is -2.26. The van der Waals surface area contributed by atoms with Gasteiger partial charge in [0.1, 0.15) is 17.5 Å². The van der Waals surface area contributed by atoms with Crippen molar-refractivity contribution in [2.24, 2.45) is 0 Å². The Bertz CT molecular complexity index is 1250. The summed E-state index contributed by atoms with van der Waals surface area (Å²) in [6.45, 7) is 5.16. The molecule has 4 rings (SSSR count). The molecular weight excluding hydrogens is 480 g/mol. The first kappa shape index (κ1) is 25.2. The van der Waals surface area contributed by atoms with Crippen molar-refractivity contribution in [2.45, 2.75) is 19.5 Å². The van der Waals surface area contributed by atoms with Crippen LogP contribution in [0.2, 0.25) is 0 Å². The summed E-state index contributed by atoms with van der Waals surface area (Å²) in [6.07, 6.45) is -2.97. The summed E-state index contributed by atoms with van der Waals surface area (Å²) in [4.78, 5) is 34.4. The van der Waals surface area contributed by atoms with Gasteiger partial charge in [0.15, 0.2) is 0 Å². The number of piperazine rings is 1. The van der Waals surface area contributed by atoms with Crippen molar-refractivity contribution in [1.82, 2.24) is 24.8 Å². The third-order valence-electron chi connectivity index (χ3n) is 5.59. The largest absolute Gasteiger partial charge is 0.418 e. The number of likely N-dealkylation sites (N-methyl/N-ethyl adjacent to an activating group) is 1. The van der Waals surface area contributed by atoms with Gasteiger partial charge in [-0.1, -0.05) is 13.0 Å². The van der Waals surface area contributed by atoms with Crippen molar-refractivity contribution in [3.05, 3.63) is 59.3 Å². The lowest BCUT2D eigenvalue weighted by Crippen LogP contribution is -2.45. The van der Waals surface area contributed by atoms with Crippen LogP contribution in [0.5, 0.6) is 0 Å². The fourth-order valence-electron chi connectivity index (χ4n) is 3.60. The Balaban J connectivity index is 1.55. The van der Waals surface area contributed by atoms with Crippen LogP contribution >= 0.6 is 0 Å². The molecule has 2 aromatic heterocycles. The van der Waals surface area contributed by atoms with Gasteiger partial charge in [0, 0.05) is 44.4 Å². The van der Waals surface area contributed by atoms with Gasteiger partial charge in [0.25, 0.3) is 5.91 Å². The van der Waals surface area contributed by atoms with Gasteiger partial charge in [0.2, 0.25) is 11.9 Å². The number of pyridine rings is 1. The number of carbonyl (C=O) groups excluding carboxylic acids is 1. The van der Waals surface area contributed by atoms with Crippen LogP contribution in [0.3, 0.4) is 0 Å². The molecule has 1 amide bonds. The number of benzene rings is 1. The molecule has 1 fully saturated rings. The zero-order valence-corrected chi connectivity index (χ0v) is 19.6. The van der Waals surface area contributed by atoms with E-state index in [1.165, 1.54) is 18.3 Å². The molecule has 3 heterocycles. The number of alkyl halides is 3. The number of amides is 1. The SMILES string of the molecule is CCc1nc(Nc2cc(C(=O)Nc3c(F)cccc3C(F)(F)F)ccn2)nc(N2CCN(C)CC2)n1. The number of aromatic nitrogens is 4. The Morgan fingerprint density at radius 2 is 1.83 bits per heavy atom. The molecule has 0 spiro atoms. The number of rotatable bonds is 6. The normalized spacial score (nSPS) is 14.6. The highest BCUT2D eigenvalue weighted by molar-refractivity contribution is 6.05. The molecule has 1 aromatic carbocycles. The minimum atomic E-state index is -4.84. The number of aryl methyl sites for hydroxylation is 1. The molecule has 3 aromatic rings. The first-order chi connectivity index (χ1) is 17.1. The van der Waals surface area contributed by atoms with Gasteiger partial charge in [-0.3, -0.25) is 4.79 Å². The van der Waals surface area contributed by atoms with Crippen LogP contribution in [0.25, 0.3) is 0 Å². The number of hydrogen-bond acceptors (Lipinski definition) is 8. The molecule has 0 saturated carbocycles. The van der Waals surface area contributed by atoms with E-state index in [4.69, 9.17) is 0 Å². The van der Waals surface area contributed by atoms with E-state index in [1.54, 1.807) is 0 Å². The van der Waals surface area contributed by atoms with E-state index in [-0.39, 0.29) is 17.3 Å². The third-order valence-corrected chi connectivity index (χ3v) is 5.59. The zero-order valence-electron chi connectivity index (χ0n) is 19.6. The second-order valence-electron chi connectivity index (χ2n) is 8.19. The highest BCUT2D eigenvalue weighted by atomic mass is 19.4. The van der Waals surface area contributed by atoms with Gasteiger partial charge in [0.05, 0.1) is 11.3 Å². The molecule has 2 N–H and O–H groups in total. The summed E-state index contributed by atoms with van der Waals surface area (Å²) in [6, 6.07) is 5.08. The molecule has 0 radical (unpaired) electrons. The van der Waals surface area contributed by atoms with Crippen LogP contribution in [0.1, 0.15) is 28.7 Å². The lowest BCUT2D eigenvalue weighted by atomic mass is 10.1. The average Bonchev–Trinajstić information content (AvgIpc) is 2.85. The van der Waals surface area contributed by atoms with E-state index < -0.39 is 29.2 Å². The fourth-order valence-corrected chi connectivity index (χ4v) is 3.60. The molecule has 190 valence electrons. The molecule has 1 saturated heterocycles. The van der Waals surface area contributed by atoms with Crippen molar-refractivity contribution in [3.8, 4) is 0 Å². The maximum Gasteiger partial charge on any atom is 0.418 e. The molecule has 0 unspecified atom stereocenters. The lowest BCUT2D eigenvalue weighted by molar-refractivity contribution is -0.137. The molecule has 0 bridgehead atoms. The van der Waals surface area contributed by atoms with E-state index in [0.717, 1.165) is 38.3 Å². The monoisotopic (exact) mass is 504 g/mol. The molecule has 36 heavy (non-hydrogen) atoms. The van der Waals surface area contributed by atoms with Crippen LogP contribution in [0.4, 0.5) is 41.0 Å². The number of nitrogens with one attached hydrogen (secondary N) is 2. The standard InChI is InChI=1S/C23H24F4N8O/c1-3-17-29-21(33-22(31-17)35-11-9-34(2)10-12-35)30-18-13-14(7-8-28-18)20(36)32-19-15(23(25,26)27)5-4-6-16(19)24/h4-8,13H,3,9-12H2,1-2H3,(H,32,36)(H,28,29,30,31,33). The predicted molar refractivity (Wildman–Crippen MR) is 126 cm³/mol. The molecule has 0 aliphatic carbocycles. The van der Waals surface area contributed by atoms with Crippen molar-refractivity contribution in [1.29, 1.82) is 0 Å². The smallest absolute Gasteiger partial charge is 0.338 e. The van der Waals surface area contributed by atoms with Gasteiger partial charge in [-0.05, 0) is 31.3 Å². The van der Waals surface area contributed by atoms with Crippen LogP contribution in [-0.4, -0.2) is 64.0 Å². The van der Waals surface area contributed by atoms with Crippen LogP contribution in [-0.2, 0) is 12.6 Å². The summed E-state index contributed by atoms with van der Waals surface area (Å²) in [5.74, 6) is -0.641. The van der Waals surface area contributed by atoms with Crippen LogP contribution < -0.4 is 15.5 Å². The molecule has 1 aliphatic heterocycles. The predicted octanol–water partition coefficient (Wildman–Crippen LogP) is 3.73. The average molecular weight is 504 g/mol. The Kier molecular flexibility index (Phi) is 7.29. The van der Waals surface area contributed by atoms with E-state index in [9.17, 15) is 22.4 Å². The van der Waals surface area contributed by atoms with E-state index in [1.807, 2.05) is 19.3 Å². The molecular formula is C23H24F4N8O. The Labute approximate surface area is 204 Å². The van der Waals surface area contributed by atoms with E-state index in [2.05, 4.69) is 35.1 Å². The molecule has 0 atom stereocenters. The number of halogens is 4. The van der Waals surface area contributed by atoms with Gasteiger partial charge >= 0.3 is 6.18 Å². The molecule has 1 aliphatic rings. The van der Waals surface area contributed by atoms with Gasteiger partial charge in [-0.15, -0.1) is 0 Å². The maximum atomic E-state index is 14.1. The Morgan fingerprint density at radius 1 is 1.08 bits per heavy atom. The summed E-state index contributed by atoms with van der Waals surface area (Å²) in [7, 11) is 2.04. The number of carbonyl (C=O) groups is 1. The quantitative estimate of drug-likeness (QED) is 0.490. The fraction of sp³-hybridized carbons (Fsp3) is 0.348. The zero-order chi connectivity index (χ0) is 25.9. The van der Waals surface area contributed by atoms with E-state index >= 15 is 0 Å². The minimum absolute atomic E-state index is 0.0343. The van der Waals surface area contributed by atoms with Crippen LogP contribution in [0.15, 0.2) is 36.5 Å². The van der Waals surface area contributed by atoms with Crippen LogP contribution in [0, 0.1) is 5.82 Å². The molecule has 13 heteroatoms. The number of anilines is 4. The summed E-state index contributed by atoms with van der Waals surface area (Å²) >= 11 is 0. The highest BCUT2D eigenvalue weighted by Crippen LogP contribution is 2.36. The van der Waals surface area contributed by atoms with Crippen molar-refractivity contribution in [2.75, 3.05) is 48.8 Å². The highest BCUT2D eigenvalue weighted by Gasteiger charge is 2.35. The van der Waals surface area contributed by atoms with Gasteiger partial charge < -0.3 is 20.4 Å². The minimum Gasteiger partial charge on any atom is -0.338 e. The number of nitrogens with zero attached hydrogens (tertiary/aromatic N) is 6. The summed E-state index contributed by atoms with van der Waals surface area (Å²) in [5, 5.41) is 4.95. The topological polar surface area (TPSA) is 99.2 Å².